The van der Waals surface area contributed by atoms with E-state index >= 15 is 0 Å². The van der Waals surface area contributed by atoms with Crippen LogP contribution in [0.1, 0.15) is 75.1 Å². The monoisotopic (exact) mass is 597 g/mol. The van der Waals surface area contributed by atoms with E-state index in [0.717, 1.165) is 42.6 Å². The van der Waals surface area contributed by atoms with Gasteiger partial charge in [0.2, 0.25) is 5.91 Å². The summed E-state index contributed by atoms with van der Waals surface area (Å²) in [5.74, 6) is -0.00776. The van der Waals surface area contributed by atoms with E-state index in [1.807, 2.05) is 54.6 Å². The van der Waals surface area contributed by atoms with Gasteiger partial charge in [-0.1, -0.05) is 61.7 Å². The molecule has 2 amide bonds. The van der Waals surface area contributed by atoms with Crippen LogP contribution in [0.3, 0.4) is 0 Å². The number of carbonyl (C=O) groups excluding carboxylic acids is 3. The van der Waals surface area contributed by atoms with Gasteiger partial charge < -0.3 is 20.1 Å². The zero-order valence-corrected chi connectivity index (χ0v) is 24.9. The number of carbonyl (C=O) groups is 3. The van der Waals surface area contributed by atoms with Crippen molar-refractivity contribution in [1.82, 2.24) is 10.3 Å². The van der Waals surface area contributed by atoms with Gasteiger partial charge in [0.1, 0.15) is 23.1 Å². The molecule has 0 aliphatic heterocycles. The maximum atomic E-state index is 13.3. The molecule has 0 spiro atoms. The van der Waals surface area contributed by atoms with Crippen LogP contribution >= 0.6 is 11.3 Å². The molecular weight excluding hydrogens is 562 g/mol. The van der Waals surface area contributed by atoms with Gasteiger partial charge in [0.05, 0.1) is 18.7 Å². The minimum atomic E-state index is -0.447. The number of methoxy groups -OCH3 is 1. The first-order chi connectivity index (χ1) is 21.0. The number of anilines is 1. The Labute approximate surface area is 255 Å². The summed E-state index contributed by atoms with van der Waals surface area (Å²) in [5.41, 5.74) is 3.30. The number of ether oxygens (including phenoxy) is 2. The van der Waals surface area contributed by atoms with Gasteiger partial charge in [0.25, 0.3) is 5.91 Å². The van der Waals surface area contributed by atoms with E-state index in [0.29, 0.717) is 29.3 Å². The highest BCUT2D eigenvalue weighted by Gasteiger charge is 2.26. The molecule has 222 valence electrons. The number of hydrogen-bond donors (Lipinski definition) is 2. The third kappa shape index (κ3) is 8.29. The summed E-state index contributed by atoms with van der Waals surface area (Å²) in [6, 6.07) is 23.9. The summed E-state index contributed by atoms with van der Waals surface area (Å²) in [6.07, 6.45) is 5.62. The quantitative estimate of drug-likeness (QED) is 0.186. The molecule has 2 N–H and O–H groups in total. The van der Waals surface area contributed by atoms with Crippen LogP contribution in [0.4, 0.5) is 5.69 Å². The average molecular weight is 598 g/mol. The number of hydrogen-bond acceptors (Lipinski definition) is 7. The highest BCUT2D eigenvalue weighted by Crippen LogP contribution is 2.28. The Bertz CT molecular complexity index is 1510. The molecule has 5 rings (SSSR count). The van der Waals surface area contributed by atoms with Crippen LogP contribution in [-0.2, 0) is 22.6 Å². The molecule has 1 heterocycles. The molecule has 1 aromatic heterocycles. The molecule has 8 nitrogen and oxygen atoms in total. The smallest absolute Gasteiger partial charge is 0.337 e. The van der Waals surface area contributed by atoms with E-state index in [-0.39, 0.29) is 29.5 Å². The van der Waals surface area contributed by atoms with Gasteiger partial charge in [-0.15, -0.1) is 11.3 Å². The molecule has 4 aromatic rings. The summed E-state index contributed by atoms with van der Waals surface area (Å²) in [7, 11) is 1.32. The van der Waals surface area contributed by atoms with Gasteiger partial charge >= 0.3 is 5.97 Å². The van der Waals surface area contributed by atoms with Crippen LogP contribution in [0, 0.1) is 5.92 Å². The molecule has 3 aromatic carbocycles. The largest absolute Gasteiger partial charge is 0.489 e. The third-order valence-corrected chi connectivity index (χ3v) is 8.48. The molecule has 1 aliphatic carbocycles. The Morgan fingerprint density at radius 1 is 0.907 bits per heavy atom. The Kier molecular flexibility index (Phi) is 10.2. The molecule has 0 radical (unpaired) electrons. The van der Waals surface area contributed by atoms with Crippen LogP contribution in [-0.4, -0.2) is 29.9 Å². The summed E-state index contributed by atoms with van der Waals surface area (Å²) in [5, 5.41) is 8.43. The maximum Gasteiger partial charge on any atom is 0.337 e. The van der Waals surface area contributed by atoms with Gasteiger partial charge in [-0.05, 0) is 66.8 Å². The molecule has 0 unspecified atom stereocenters. The lowest BCUT2D eigenvalue weighted by Crippen LogP contribution is -2.36. The second-order valence-corrected chi connectivity index (χ2v) is 11.5. The van der Waals surface area contributed by atoms with Crippen molar-refractivity contribution in [2.75, 3.05) is 12.4 Å². The molecule has 1 saturated carbocycles. The molecule has 0 bridgehead atoms. The van der Waals surface area contributed by atoms with Crippen molar-refractivity contribution in [3.8, 4) is 5.75 Å². The van der Waals surface area contributed by atoms with Crippen molar-refractivity contribution in [2.24, 2.45) is 5.92 Å². The van der Waals surface area contributed by atoms with E-state index in [9.17, 15) is 14.4 Å². The predicted molar refractivity (Wildman–Crippen MR) is 166 cm³/mol. The van der Waals surface area contributed by atoms with Crippen molar-refractivity contribution in [3.05, 3.63) is 112 Å². The molecule has 43 heavy (non-hydrogen) atoms. The second-order valence-electron chi connectivity index (χ2n) is 10.6. The van der Waals surface area contributed by atoms with Crippen molar-refractivity contribution in [3.63, 3.8) is 0 Å². The van der Waals surface area contributed by atoms with Crippen molar-refractivity contribution in [2.45, 2.75) is 51.2 Å². The lowest BCUT2D eigenvalue weighted by molar-refractivity contribution is -0.126. The van der Waals surface area contributed by atoms with Gasteiger partial charge in [0.15, 0.2) is 0 Å². The first-order valence-corrected chi connectivity index (χ1v) is 15.4. The minimum absolute atomic E-state index is 0.000653. The molecule has 1 fully saturated rings. The van der Waals surface area contributed by atoms with Gasteiger partial charge in [-0.2, -0.15) is 0 Å². The van der Waals surface area contributed by atoms with Crippen molar-refractivity contribution in [1.29, 1.82) is 0 Å². The van der Waals surface area contributed by atoms with Crippen LogP contribution in [0.25, 0.3) is 0 Å². The highest BCUT2D eigenvalue weighted by molar-refractivity contribution is 7.10. The van der Waals surface area contributed by atoms with Gasteiger partial charge in [-0.3, -0.25) is 9.59 Å². The fourth-order valence-electron chi connectivity index (χ4n) is 5.11. The van der Waals surface area contributed by atoms with Gasteiger partial charge in [0, 0.05) is 17.0 Å². The zero-order valence-electron chi connectivity index (χ0n) is 24.1. The Morgan fingerprint density at radius 3 is 2.33 bits per heavy atom. The van der Waals surface area contributed by atoms with E-state index in [2.05, 4.69) is 15.6 Å². The molecule has 9 heteroatoms. The Morgan fingerprint density at radius 2 is 1.63 bits per heavy atom. The van der Waals surface area contributed by atoms with Crippen LogP contribution < -0.4 is 15.4 Å². The standard InChI is InChI=1S/C34H35N3O5S/c1-41-34(40)26-14-16-27(17-15-26)35-32(39)30-22-43-33(37-30)29(36-31(38)25-10-6-3-7-11-25)20-23-12-18-28(19-13-23)42-21-24-8-4-2-5-9-24/h2,4-5,8-9,12-19,22,25,29H,3,6-7,10-11,20-21H2,1H3,(H,35,39)(H,36,38)/t29-/m0/s1. The topological polar surface area (TPSA) is 107 Å². The summed E-state index contributed by atoms with van der Waals surface area (Å²) in [4.78, 5) is 42.6. The number of nitrogens with zero attached hydrogens (tertiary/aromatic N) is 1. The van der Waals surface area contributed by atoms with Gasteiger partial charge in [-0.25, -0.2) is 9.78 Å². The maximum absolute atomic E-state index is 13.3. The number of nitrogens with one attached hydrogen (secondary N) is 2. The number of benzene rings is 3. The SMILES string of the molecule is COC(=O)c1ccc(NC(=O)c2csc([C@H](Cc3ccc(OCc4ccccc4)cc3)NC(=O)C3CCCCC3)n2)cc1. The van der Waals surface area contributed by atoms with E-state index < -0.39 is 5.97 Å². The number of rotatable bonds is 11. The molecular formula is C34H35N3O5S. The molecule has 0 saturated heterocycles. The second kappa shape index (κ2) is 14.6. The zero-order chi connectivity index (χ0) is 30.0. The number of esters is 1. The predicted octanol–water partition coefficient (Wildman–Crippen LogP) is 6.74. The number of aromatic nitrogens is 1. The Hall–Kier alpha value is -4.50. The van der Waals surface area contributed by atoms with E-state index in [4.69, 9.17) is 9.47 Å². The van der Waals surface area contributed by atoms with E-state index in [1.54, 1.807) is 29.6 Å². The van der Waals surface area contributed by atoms with Crippen LogP contribution in [0.15, 0.2) is 84.2 Å². The normalized spacial score (nSPS) is 14.0. The number of thiazole rings is 1. The summed E-state index contributed by atoms with van der Waals surface area (Å²) >= 11 is 1.35. The van der Waals surface area contributed by atoms with Crippen LogP contribution in [0.5, 0.6) is 5.75 Å². The first kappa shape index (κ1) is 30.0. The third-order valence-electron chi connectivity index (χ3n) is 7.52. The molecule has 1 atom stereocenters. The summed E-state index contributed by atoms with van der Waals surface area (Å²) in [6.45, 7) is 0.486. The highest BCUT2D eigenvalue weighted by atomic mass is 32.1. The number of amides is 2. The summed E-state index contributed by atoms with van der Waals surface area (Å²) < 4.78 is 10.7. The Balaban J connectivity index is 1.27. The fourth-order valence-corrected chi connectivity index (χ4v) is 5.96. The van der Waals surface area contributed by atoms with Crippen LogP contribution in [0.2, 0.25) is 0 Å². The minimum Gasteiger partial charge on any atom is -0.489 e. The fraction of sp³-hybridized carbons (Fsp3) is 0.294. The van der Waals surface area contributed by atoms with Crippen molar-refractivity contribution < 1.29 is 23.9 Å². The lowest BCUT2D eigenvalue weighted by Gasteiger charge is -2.24. The molecule has 1 aliphatic rings. The lowest BCUT2D eigenvalue weighted by atomic mass is 9.88. The first-order valence-electron chi connectivity index (χ1n) is 14.5. The van der Waals surface area contributed by atoms with E-state index in [1.165, 1.54) is 24.9 Å². The van der Waals surface area contributed by atoms with Crippen molar-refractivity contribution >= 4 is 34.8 Å². The average Bonchev–Trinajstić information content (AvgIpc) is 3.56.